The number of nitrogen functional groups attached to an aromatic ring is 1. The first-order valence-electron chi connectivity index (χ1n) is 4.23. The quantitative estimate of drug-likeness (QED) is 0.598. The Bertz CT molecular complexity index is 286. The Hall–Kier alpha value is -0.830. The SMILES string of the molecule is COc1cc(N)ccc1SC(C)C. The molecule has 0 spiro atoms. The summed E-state index contributed by atoms with van der Waals surface area (Å²) in [7, 11) is 1.67. The molecule has 13 heavy (non-hydrogen) atoms. The summed E-state index contributed by atoms with van der Waals surface area (Å²) in [5.41, 5.74) is 6.39. The van der Waals surface area contributed by atoms with Gasteiger partial charge in [-0.25, -0.2) is 0 Å². The number of hydrogen-bond donors (Lipinski definition) is 1. The van der Waals surface area contributed by atoms with Crippen LogP contribution in [0.15, 0.2) is 23.1 Å². The fourth-order valence-corrected chi connectivity index (χ4v) is 1.95. The molecule has 0 aliphatic heterocycles. The topological polar surface area (TPSA) is 35.2 Å². The third-order valence-corrected chi connectivity index (χ3v) is 2.61. The van der Waals surface area contributed by atoms with Crippen molar-refractivity contribution in [1.82, 2.24) is 0 Å². The molecule has 0 saturated heterocycles. The first-order chi connectivity index (χ1) is 6.13. The maximum atomic E-state index is 5.64. The summed E-state index contributed by atoms with van der Waals surface area (Å²) in [5, 5.41) is 0.553. The number of ether oxygens (including phenoxy) is 1. The second kappa shape index (κ2) is 4.42. The molecular formula is C10H15NOS. The van der Waals surface area contributed by atoms with E-state index in [1.165, 1.54) is 0 Å². The van der Waals surface area contributed by atoms with Crippen molar-refractivity contribution < 1.29 is 4.74 Å². The largest absolute Gasteiger partial charge is 0.496 e. The molecule has 0 heterocycles. The Morgan fingerprint density at radius 1 is 1.38 bits per heavy atom. The molecule has 72 valence electrons. The highest BCUT2D eigenvalue weighted by Gasteiger charge is 2.05. The molecule has 0 unspecified atom stereocenters. The van der Waals surface area contributed by atoms with Crippen LogP contribution in [0, 0.1) is 0 Å². The molecule has 3 heteroatoms. The average molecular weight is 197 g/mol. The van der Waals surface area contributed by atoms with Crippen LogP contribution in [-0.4, -0.2) is 12.4 Å². The Morgan fingerprint density at radius 3 is 2.62 bits per heavy atom. The maximum absolute atomic E-state index is 5.64. The van der Waals surface area contributed by atoms with E-state index in [1.54, 1.807) is 18.9 Å². The van der Waals surface area contributed by atoms with Crippen molar-refractivity contribution in [2.45, 2.75) is 24.0 Å². The van der Waals surface area contributed by atoms with Crippen molar-refractivity contribution in [3.8, 4) is 5.75 Å². The van der Waals surface area contributed by atoms with Gasteiger partial charge in [-0.3, -0.25) is 0 Å². The van der Waals surface area contributed by atoms with Crippen LogP contribution in [0.1, 0.15) is 13.8 Å². The van der Waals surface area contributed by atoms with Gasteiger partial charge in [0.2, 0.25) is 0 Å². The van der Waals surface area contributed by atoms with E-state index in [9.17, 15) is 0 Å². The predicted octanol–water partition coefficient (Wildman–Crippen LogP) is 2.78. The minimum Gasteiger partial charge on any atom is -0.496 e. The molecule has 1 aromatic carbocycles. The van der Waals surface area contributed by atoms with E-state index in [4.69, 9.17) is 10.5 Å². The zero-order valence-corrected chi connectivity index (χ0v) is 9.02. The monoisotopic (exact) mass is 197 g/mol. The van der Waals surface area contributed by atoms with Crippen molar-refractivity contribution in [3.63, 3.8) is 0 Å². The van der Waals surface area contributed by atoms with Gasteiger partial charge in [0.05, 0.1) is 7.11 Å². The molecule has 0 radical (unpaired) electrons. The summed E-state index contributed by atoms with van der Waals surface area (Å²) in [5.74, 6) is 0.860. The summed E-state index contributed by atoms with van der Waals surface area (Å²) in [4.78, 5) is 1.15. The van der Waals surface area contributed by atoms with Gasteiger partial charge in [-0.15, -0.1) is 11.8 Å². The molecule has 0 aliphatic rings. The molecule has 0 aliphatic carbocycles. The number of thioether (sulfide) groups is 1. The van der Waals surface area contributed by atoms with Crippen molar-refractivity contribution >= 4 is 17.4 Å². The lowest BCUT2D eigenvalue weighted by molar-refractivity contribution is 0.405. The van der Waals surface area contributed by atoms with Crippen LogP contribution in [0.5, 0.6) is 5.75 Å². The molecule has 0 bridgehead atoms. The van der Waals surface area contributed by atoms with E-state index in [0.29, 0.717) is 5.25 Å². The third-order valence-electron chi connectivity index (χ3n) is 1.55. The van der Waals surface area contributed by atoms with E-state index in [1.807, 2.05) is 18.2 Å². The summed E-state index contributed by atoms with van der Waals surface area (Å²) in [6, 6.07) is 5.75. The summed E-state index contributed by atoms with van der Waals surface area (Å²) in [6.45, 7) is 4.31. The Labute approximate surface area is 83.5 Å². The van der Waals surface area contributed by atoms with Crippen LogP contribution >= 0.6 is 11.8 Å². The second-order valence-electron chi connectivity index (χ2n) is 3.08. The van der Waals surface area contributed by atoms with Crippen LogP contribution in [-0.2, 0) is 0 Å². The molecule has 2 nitrogen and oxygen atoms in total. The molecule has 1 rings (SSSR count). The smallest absolute Gasteiger partial charge is 0.134 e. The fraction of sp³-hybridized carbons (Fsp3) is 0.400. The van der Waals surface area contributed by atoms with Gasteiger partial charge < -0.3 is 10.5 Å². The maximum Gasteiger partial charge on any atom is 0.134 e. The lowest BCUT2D eigenvalue weighted by Gasteiger charge is -2.10. The fourth-order valence-electron chi connectivity index (χ4n) is 1.04. The first-order valence-corrected chi connectivity index (χ1v) is 5.11. The number of benzene rings is 1. The van der Waals surface area contributed by atoms with E-state index < -0.39 is 0 Å². The van der Waals surface area contributed by atoms with Crippen LogP contribution in [0.2, 0.25) is 0 Å². The second-order valence-corrected chi connectivity index (χ2v) is 4.70. The highest BCUT2D eigenvalue weighted by Crippen LogP contribution is 2.33. The van der Waals surface area contributed by atoms with Crippen LogP contribution in [0.25, 0.3) is 0 Å². The number of nitrogens with two attached hydrogens (primary N) is 1. The predicted molar refractivity (Wildman–Crippen MR) is 58.4 cm³/mol. The van der Waals surface area contributed by atoms with Gasteiger partial charge in [-0.1, -0.05) is 13.8 Å². The van der Waals surface area contributed by atoms with Crippen molar-refractivity contribution in [2.75, 3.05) is 12.8 Å². The molecule has 0 atom stereocenters. The van der Waals surface area contributed by atoms with Gasteiger partial charge in [-0.05, 0) is 12.1 Å². The Morgan fingerprint density at radius 2 is 2.08 bits per heavy atom. The average Bonchev–Trinajstić information content (AvgIpc) is 2.07. The van der Waals surface area contributed by atoms with Crippen LogP contribution in [0.4, 0.5) is 5.69 Å². The molecule has 0 saturated carbocycles. The summed E-state index contributed by atoms with van der Waals surface area (Å²) < 4.78 is 5.23. The zero-order valence-electron chi connectivity index (χ0n) is 8.20. The van der Waals surface area contributed by atoms with Crippen LogP contribution in [0.3, 0.4) is 0 Å². The van der Waals surface area contributed by atoms with E-state index in [0.717, 1.165) is 16.3 Å². The molecule has 2 N–H and O–H groups in total. The highest BCUT2D eigenvalue weighted by atomic mass is 32.2. The van der Waals surface area contributed by atoms with Gasteiger partial charge in [0, 0.05) is 21.9 Å². The molecule has 0 aromatic heterocycles. The van der Waals surface area contributed by atoms with Crippen molar-refractivity contribution in [1.29, 1.82) is 0 Å². The normalized spacial score (nSPS) is 10.5. The van der Waals surface area contributed by atoms with E-state index in [2.05, 4.69) is 13.8 Å². The number of rotatable bonds is 3. The van der Waals surface area contributed by atoms with Gasteiger partial charge in [0.25, 0.3) is 0 Å². The van der Waals surface area contributed by atoms with Gasteiger partial charge in [0.15, 0.2) is 0 Å². The lowest BCUT2D eigenvalue weighted by atomic mass is 10.3. The first kappa shape index (κ1) is 10.3. The number of hydrogen-bond acceptors (Lipinski definition) is 3. The van der Waals surface area contributed by atoms with Crippen LogP contribution < -0.4 is 10.5 Å². The standard InChI is InChI=1S/C10H15NOS/c1-7(2)13-10-5-4-8(11)6-9(10)12-3/h4-7H,11H2,1-3H3. The third kappa shape index (κ3) is 2.84. The Balaban J connectivity index is 2.92. The molecule has 0 amide bonds. The van der Waals surface area contributed by atoms with Gasteiger partial charge in [-0.2, -0.15) is 0 Å². The van der Waals surface area contributed by atoms with Crippen molar-refractivity contribution in [3.05, 3.63) is 18.2 Å². The zero-order chi connectivity index (χ0) is 9.84. The van der Waals surface area contributed by atoms with Gasteiger partial charge >= 0.3 is 0 Å². The number of anilines is 1. The molecule has 0 fully saturated rings. The minimum atomic E-state index is 0.553. The van der Waals surface area contributed by atoms with Gasteiger partial charge in [0.1, 0.15) is 5.75 Å². The highest BCUT2D eigenvalue weighted by molar-refractivity contribution is 8.00. The van der Waals surface area contributed by atoms with E-state index in [-0.39, 0.29) is 0 Å². The van der Waals surface area contributed by atoms with Crippen molar-refractivity contribution in [2.24, 2.45) is 0 Å². The summed E-state index contributed by atoms with van der Waals surface area (Å²) >= 11 is 1.78. The molecular weight excluding hydrogens is 182 g/mol. The lowest BCUT2D eigenvalue weighted by Crippen LogP contribution is -1.93. The summed E-state index contributed by atoms with van der Waals surface area (Å²) in [6.07, 6.45) is 0. The molecule has 1 aromatic rings. The Kier molecular flexibility index (Phi) is 3.48. The minimum absolute atomic E-state index is 0.553. The van der Waals surface area contributed by atoms with E-state index >= 15 is 0 Å². The number of methoxy groups -OCH3 is 1.